The molecule has 0 saturated heterocycles. The van der Waals surface area contributed by atoms with Crippen molar-refractivity contribution in [3.05, 3.63) is 0 Å². The molecule has 0 aromatic carbocycles. The minimum absolute atomic E-state index is 0.549. The molecule has 0 aliphatic carbocycles. The maximum absolute atomic E-state index is 11.8. The maximum Gasteiger partial charge on any atom is 0.325 e. The van der Waals surface area contributed by atoms with Crippen LogP contribution in [0.1, 0.15) is 20.8 Å². The molecular weight excluding hydrogens is 296 g/mol. The average Bonchev–Trinajstić information content (AvgIpc) is 2.43. The first-order valence-corrected chi connectivity index (χ1v) is 6.60. The normalized spacial score (nSPS) is 15.9. The van der Waals surface area contributed by atoms with Gasteiger partial charge in [-0.2, -0.15) is 0 Å². The summed E-state index contributed by atoms with van der Waals surface area (Å²) >= 11 is 0. The summed E-state index contributed by atoms with van der Waals surface area (Å²) in [5.74, 6) is -3.37. The third-order valence-corrected chi connectivity index (χ3v) is 2.71. The van der Waals surface area contributed by atoms with Crippen molar-refractivity contribution in [2.75, 3.05) is 6.61 Å². The van der Waals surface area contributed by atoms with Gasteiger partial charge in [-0.15, -0.1) is 0 Å². The van der Waals surface area contributed by atoms with E-state index in [2.05, 4.69) is 16.0 Å². The maximum atomic E-state index is 11.8. The van der Waals surface area contributed by atoms with Gasteiger partial charge in [-0.25, -0.2) is 0 Å². The molecule has 0 saturated carbocycles. The first kappa shape index (κ1) is 19.8. The fraction of sp³-hybridized carbons (Fsp3) is 0.667. The molecule has 10 nitrogen and oxygen atoms in total. The van der Waals surface area contributed by atoms with Crippen LogP contribution in [0.15, 0.2) is 0 Å². The van der Waals surface area contributed by atoms with Crippen molar-refractivity contribution < 1.29 is 29.4 Å². The highest BCUT2D eigenvalue weighted by molar-refractivity contribution is 5.93. The number of aliphatic carboxylic acids is 1. The summed E-state index contributed by atoms with van der Waals surface area (Å²) in [6.45, 7) is 3.33. The van der Waals surface area contributed by atoms with Crippen molar-refractivity contribution in [1.29, 1.82) is 0 Å². The molecular formula is C12H22N4O6. The van der Waals surface area contributed by atoms with Crippen LogP contribution < -0.4 is 21.7 Å². The van der Waals surface area contributed by atoms with Gasteiger partial charge in [-0.3, -0.25) is 19.2 Å². The van der Waals surface area contributed by atoms with Gasteiger partial charge < -0.3 is 31.9 Å². The Kier molecular flexibility index (Phi) is 8.05. The van der Waals surface area contributed by atoms with Crippen LogP contribution in [0.2, 0.25) is 0 Å². The van der Waals surface area contributed by atoms with Crippen LogP contribution in [-0.4, -0.2) is 64.7 Å². The Morgan fingerprint density at radius 1 is 0.909 bits per heavy atom. The highest BCUT2D eigenvalue weighted by Gasteiger charge is 2.26. The highest BCUT2D eigenvalue weighted by atomic mass is 16.4. The minimum atomic E-state index is -1.33. The van der Waals surface area contributed by atoms with E-state index in [1.165, 1.54) is 20.8 Å². The zero-order valence-corrected chi connectivity index (χ0v) is 12.6. The van der Waals surface area contributed by atoms with Gasteiger partial charge in [-0.1, -0.05) is 0 Å². The molecule has 7 N–H and O–H groups in total. The number of carboxylic acid groups (broad SMARTS) is 1. The molecule has 0 aliphatic rings. The SMILES string of the molecule is CC(N)C(=O)NC(C)C(=O)NC(CO)C(=O)NC(C)C(=O)O. The lowest BCUT2D eigenvalue weighted by Gasteiger charge is -2.21. The van der Waals surface area contributed by atoms with Crippen molar-refractivity contribution in [1.82, 2.24) is 16.0 Å². The quantitative estimate of drug-likeness (QED) is 0.275. The Balaban J connectivity index is 4.59. The molecule has 126 valence electrons. The predicted molar refractivity (Wildman–Crippen MR) is 75.5 cm³/mol. The van der Waals surface area contributed by atoms with E-state index in [1.54, 1.807) is 0 Å². The Morgan fingerprint density at radius 2 is 1.41 bits per heavy atom. The van der Waals surface area contributed by atoms with Crippen LogP contribution in [0.4, 0.5) is 0 Å². The van der Waals surface area contributed by atoms with E-state index < -0.39 is 54.5 Å². The molecule has 0 heterocycles. The summed E-state index contributed by atoms with van der Waals surface area (Å²) in [6.07, 6.45) is 0. The number of amides is 3. The number of carbonyl (C=O) groups excluding carboxylic acids is 3. The monoisotopic (exact) mass is 318 g/mol. The van der Waals surface area contributed by atoms with E-state index in [-0.39, 0.29) is 0 Å². The molecule has 0 aliphatic heterocycles. The fourth-order valence-corrected chi connectivity index (χ4v) is 1.28. The first-order valence-electron chi connectivity index (χ1n) is 6.60. The number of hydrogen-bond donors (Lipinski definition) is 6. The lowest BCUT2D eigenvalue weighted by atomic mass is 10.2. The summed E-state index contributed by atoms with van der Waals surface area (Å²) < 4.78 is 0. The number of aliphatic hydroxyl groups is 1. The number of carbonyl (C=O) groups is 4. The number of aliphatic hydroxyl groups excluding tert-OH is 1. The van der Waals surface area contributed by atoms with E-state index in [0.29, 0.717) is 0 Å². The second-order valence-corrected chi connectivity index (χ2v) is 4.83. The van der Waals surface area contributed by atoms with Crippen molar-refractivity contribution in [2.24, 2.45) is 5.73 Å². The number of rotatable bonds is 8. The summed E-state index contributed by atoms with van der Waals surface area (Å²) in [5, 5.41) is 24.4. The molecule has 0 radical (unpaired) electrons. The third kappa shape index (κ3) is 6.50. The summed E-state index contributed by atoms with van der Waals surface area (Å²) in [7, 11) is 0. The van der Waals surface area contributed by atoms with Crippen LogP contribution in [0.3, 0.4) is 0 Å². The minimum Gasteiger partial charge on any atom is -0.480 e. The van der Waals surface area contributed by atoms with Crippen molar-refractivity contribution in [3.8, 4) is 0 Å². The zero-order valence-electron chi connectivity index (χ0n) is 12.6. The smallest absolute Gasteiger partial charge is 0.325 e. The van der Waals surface area contributed by atoms with E-state index in [0.717, 1.165) is 0 Å². The van der Waals surface area contributed by atoms with Gasteiger partial charge in [0, 0.05) is 0 Å². The number of hydrogen-bond acceptors (Lipinski definition) is 6. The summed E-state index contributed by atoms with van der Waals surface area (Å²) in [6, 6.07) is -4.28. The topological polar surface area (TPSA) is 171 Å². The molecule has 3 amide bonds. The first-order chi connectivity index (χ1) is 10.1. The fourth-order valence-electron chi connectivity index (χ4n) is 1.28. The Bertz CT molecular complexity index is 439. The number of nitrogens with one attached hydrogen (secondary N) is 3. The Labute approximate surface area is 127 Å². The third-order valence-electron chi connectivity index (χ3n) is 2.71. The standard InChI is InChI=1S/C12H22N4O6/c1-5(13)9(18)14-6(2)10(19)16-8(4-17)11(20)15-7(3)12(21)22/h5-8,17H,4,13H2,1-3H3,(H,14,18)(H,15,20)(H,16,19)(H,21,22). The highest BCUT2D eigenvalue weighted by Crippen LogP contribution is 1.91. The average molecular weight is 318 g/mol. The van der Waals surface area contributed by atoms with Gasteiger partial charge in [-0.05, 0) is 20.8 Å². The molecule has 4 unspecified atom stereocenters. The zero-order chi connectivity index (χ0) is 17.4. The van der Waals surface area contributed by atoms with E-state index in [9.17, 15) is 19.2 Å². The second kappa shape index (κ2) is 8.95. The lowest BCUT2D eigenvalue weighted by molar-refractivity contribution is -0.142. The van der Waals surface area contributed by atoms with Gasteiger partial charge in [0.15, 0.2) is 0 Å². The van der Waals surface area contributed by atoms with Crippen LogP contribution in [0, 0.1) is 0 Å². The van der Waals surface area contributed by atoms with Crippen molar-refractivity contribution >= 4 is 23.7 Å². The largest absolute Gasteiger partial charge is 0.480 e. The predicted octanol–water partition coefficient (Wildman–Crippen LogP) is -3.10. The summed E-state index contributed by atoms with van der Waals surface area (Å²) in [5.41, 5.74) is 5.34. The van der Waals surface area contributed by atoms with Gasteiger partial charge in [0.1, 0.15) is 18.1 Å². The Hall–Kier alpha value is -2.20. The van der Waals surface area contributed by atoms with Gasteiger partial charge >= 0.3 is 5.97 Å². The Morgan fingerprint density at radius 3 is 1.82 bits per heavy atom. The summed E-state index contributed by atoms with van der Waals surface area (Å²) in [4.78, 5) is 45.5. The van der Waals surface area contributed by atoms with Gasteiger partial charge in [0.05, 0.1) is 12.6 Å². The van der Waals surface area contributed by atoms with Gasteiger partial charge in [0.2, 0.25) is 17.7 Å². The molecule has 0 aromatic heterocycles. The molecule has 10 heteroatoms. The molecule has 22 heavy (non-hydrogen) atoms. The van der Waals surface area contributed by atoms with E-state index in [1.807, 2.05) is 0 Å². The molecule has 0 aromatic rings. The van der Waals surface area contributed by atoms with E-state index >= 15 is 0 Å². The molecule has 0 fully saturated rings. The van der Waals surface area contributed by atoms with Crippen LogP contribution in [-0.2, 0) is 19.2 Å². The second-order valence-electron chi connectivity index (χ2n) is 4.83. The lowest BCUT2D eigenvalue weighted by Crippen LogP contribution is -2.56. The van der Waals surface area contributed by atoms with Gasteiger partial charge in [0.25, 0.3) is 0 Å². The number of nitrogens with two attached hydrogens (primary N) is 1. The number of carboxylic acids is 1. The van der Waals surface area contributed by atoms with Crippen molar-refractivity contribution in [3.63, 3.8) is 0 Å². The van der Waals surface area contributed by atoms with E-state index in [4.69, 9.17) is 15.9 Å². The molecule has 0 rings (SSSR count). The van der Waals surface area contributed by atoms with Crippen LogP contribution in [0.25, 0.3) is 0 Å². The van der Waals surface area contributed by atoms with Crippen LogP contribution in [0.5, 0.6) is 0 Å². The van der Waals surface area contributed by atoms with Crippen LogP contribution >= 0.6 is 0 Å². The molecule has 0 bridgehead atoms. The molecule has 4 atom stereocenters. The van der Waals surface area contributed by atoms with Crippen molar-refractivity contribution in [2.45, 2.75) is 44.9 Å². The molecule has 0 spiro atoms.